The third-order valence-corrected chi connectivity index (χ3v) is 0.517. The molecule has 38 valence electrons. The van der Waals surface area contributed by atoms with Gasteiger partial charge in [-0.15, -0.1) is 0 Å². The predicted octanol–water partition coefficient (Wildman–Crippen LogP) is -0.703. The first-order valence-electron chi connectivity index (χ1n) is 1.16. The van der Waals surface area contributed by atoms with Crippen molar-refractivity contribution in [2.45, 2.75) is 0 Å². The van der Waals surface area contributed by atoms with Crippen LogP contribution in [0.4, 0.5) is 4.39 Å². The maximum atomic E-state index is 10.7. The van der Waals surface area contributed by atoms with Crippen LogP contribution in [-0.4, -0.2) is 15.6 Å². The van der Waals surface area contributed by atoms with Crippen LogP contribution in [0.1, 0.15) is 0 Å². The Bertz CT molecular complexity index is 57.5. The fourth-order valence-corrected chi connectivity index (χ4v) is 0.134. The van der Waals surface area contributed by atoms with Gasteiger partial charge in [0.15, 0.2) is 0 Å². The standard InChI is InChI=1S/CH4FNO2S/c2-1-3-6(4)5/h3H,1H2,(H,4,5)/p-1. The lowest BCUT2D eigenvalue weighted by Gasteiger charge is -1.98. The van der Waals surface area contributed by atoms with E-state index in [9.17, 15) is 13.2 Å². The van der Waals surface area contributed by atoms with Crippen LogP contribution in [0.3, 0.4) is 0 Å². The summed E-state index contributed by atoms with van der Waals surface area (Å²) in [5, 5.41) is 0. The summed E-state index contributed by atoms with van der Waals surface area (Å²) >= 11 is -2.44. The molecule has 0 radical (unpaired) electrons. The molecule has 0 heterocycles. The zero-order valence-electron chi connectivity index (χ0n) is 2.81. The fourth-order valence-electron chi connectivity index (χ4n) is 0.0445. The number of hydrogen-bond acceptors (Lipinski definition) is 2. The van der Waals surface area contributed by atoms with Crippen LogP contribution >= 0.6 is 0 Å². The predicted molar refractivity (Wildman–Crippen MR) is 18.0 cm³/mol. The number of rotatable bonds is 2. The topological polar surface area (TPSA) is 52.2 Å². The van der Waals surface area contributed by atoms with Gasteiger partial charge in [-0.2, -0.15) is 0 Å². The van der Waals surface area contributed by atoms with Crippen LogP contribution in [0.5, 0.6) is 0 Å². The Kier molecular flexibility index (Phi) is 3.20. The first kappa shape index (κ1) is 6.00. The van der Waals surface area contributed by atoms with Crippen molar-refractivity contribution >= 4 is 11.3 Å². The molecule has 0 saturated carbocycles. The molecule has 1 unspecified atom stereocenters. The minimum atomic E-state index is -2.44. The molecule has 6 heavy (non-hydrogen) atoms. The van der Waals surface area contributed by atoms with Gasteiger partial charge in [0.1, 0.15) is 6.80 Å². The molecule has 0 rings (SSSR count). The van der Waals surface area contributed by atoms with Crippen LogP contribution < -0.4 is 4.72 Å². The molecule has 0 bridgehead atoms. The number of nitrogens with one attached hydrogen (secondary N) is 1. The van der Waals surface area contributed by atoms with Gasteiger partial charge in [0.2, 0.25) is 0 Å². The van der Waals surface area contributed by atoms with E-state index in [4.69, 9.17) is 0 Å². The molecule has 0 aromatic heterocycles. The molecule has 3 nitrogen and oxygen atoms in total. The van der Waals surface area contributed by atoms with E-state index in [1.807, 2.05) is 0 Å². The third kappa shape index (κ3) is 4.00. The van der Waals surface area contributed by atoms with Crippen molar-refractivity contribution in [2.24, 2.45) is 0 Å². The molecule has 1 atom stereocenters. The molecule has 5 heteroatoms. The maximum absolute atomic E-state index is 10.7. The van der Waals surface area contributed by atoms with Gasteiger partial charge >= 0.3 is 0 Å². The van der Waals surface area contributed by atoms with E-state index in [1.54, 1.807) is 0 Å². The first-order valence-corrected chi connectivity index (χ1v) is 2.23. The smallest absolute Gasteiger partial charge is 0.150 e. The van der Waals surface area contributed by atoms with Crippen molar-refractivity contribution in [3.05, 3.63) is 0 Å². The van der Waals surface area contributed by atoms with E-state index in [0.717, 1.165) is 0 Å². The second-order valence-electron chi connectivity index (χ2n) is 0.513. The van der Waals surface area contributed by atoms with E-state index in [-0.39, 0.29) is 0 Å². The van der Waals surface area contributed by atoms with Gasteiger partial charge in [-0.1, -0.05) is 0 Å². The largest absolute Gasteiger partial charge is 0.760 e. The molecule has 0 aromatic rings. The molecular formula is CH3FNO2S-. The minimum Gasteiger partial charge on any atom is -0.760 e. The average Bonchev–Trinajstić information content (AvgIpc) is 1.35. The van der Waals surface area contributed by atoms with Crippen LogP contribution in [-0.2, 0) is 11.3 Å². The molecular weight excluding hydrogens is 109 g/mol. The van der Waals surface area contributed by atoms with Crippen LogP contribution in [0, 0.1) is 0 Å². The summed E-state index contributed by atoms with van der Waals surface area (Å²) in [6.07, 6.45) is 0. The van der Waals surface area contributed by atoms with Crippen molar-refractivity contribution in [1.29, 1.82) is 0 Å². The van der Waals surface area contributed by atoms with Crippen molar-refractivity contribution in [2.75, 3.05) is 6.80 Å². The monoisotopic (exact) mass is 112 g/mol. The van der Waals surface area contributed by atoms with E-state index < -0.39 is 18.1 Å². The highest BCUT2D eigenvalue weighted by atomic mass is 32.2. The lowest BCUT2D eigenvalue weighted by atomic mass is 11.5. The van der Waals surface area contributed by atoms with E-state index in [1.165, 1.54) is 4.72 Å². The molecule has 0 aliphatic carbocycles. The Morgan fingerprint density at radius 1 is 2.00 bits per heavy atom. The number of hydrogen-bond donors (Lipinski definition) is 1. The summed E-state index contributed by atoms with van der Waals surface area (Å²) in [5.41, 5.74) is 0. The highest BCUT2D eigenvalue weighted by Crippen LogP contribution is 1.59. The van der Waals surface area contributed by atoms with Gasteiger partial charge in [0.25, 0.3) is 0 Å². The van der Waals surface area contributed by atoms with E-state index >= 15 is 0 Å². The van der Waals surface area contributed by atoms with E-state index in [2.05, 4.69) is 0 Å². The van der Waals surface area contributed by atoms with Crippen molar-refractivity contribution in [3.63, 3.8) is 0 Å². The summed E-state index contributed by atoms with van der Waals surface area (Å²) in [7, 11) is 0. The van der Waals surface area contributed by atoms with Gasteiger partial charge < -0.3 is 4.55 Å². The molecule has 0 aliphatic rings. The van der Waals surface area contributed by atoms with Gasteiger partial charge in [0.05, 0.1) is 0 Å². The van der Waals surface area contributed by atoms with Gasteiger partial charge in [-0.05, 0) is 0 Å². The van der Waals surface area contributed by atoms with Crippen LogP contribution in [0.15, 0.2) is 0 Å². The first-order chi connectivity index (χ1) is 2.77. The molecule has 1 N–H and O–H groups in total. The lowest BCUT2D eigenvalue weighted by Crippen LogP contribution is -2.13. The van der Waals surface area contributed by atoms with Crippen molar-refractivity contribution < 1.29 is 13.2 Å². The second kappa shape index (κ2) is 3.20. The summed E-state index contributed by atoms with van der Waals surface area (Å²) < 4.78 is 30.7. The lowest BCUT2D eigenvalue weighted by molar-refractivity contribution is 0.453. The molecule has 0 fully saturated rings. The normalized spacial score (nSPS) is 14.3. The molecule has 0 saturated heterocycles. The number of alkyl halides is 1. The fraction of sp³-hybridized carbons (Fsp3) is 1.00. The third-order valence-electron chi connectivity index (χ3n) is 0.172. The highest BCUT2D eigenvalue weighted by Gasteiger charge is 1.71. The number of halogens is 1. The molecule has 0 spiro atoms. The molecule has 0 amide bonds. The average molecular weight is 112 g/mol. The van der Waals surface area contributed by atoms with Gasteiger partial charge in [0, 0.05) is 11.3 Å². The quantitative estimate of drug-likeness (QED) is 0.379. The summed E-state index contributed by atoms with van der Waals surface area (Å²) in [6, 6.07) is 0. The van der Waals surface area contributed by atoms with Crippen LogP contribution in [0.25, 0.3) is 0 Å². The minimum absolute atomic E-state index is 1.03. The SMILES string of the molecule is O=S([O-])NCF. The Morgan fingerprint density at radius 2 is 2.50 bits per heavy atom. The van der Waals surface area contributed by atoms with Crippen molar-refractivity contribution in [3.8, 4) is 0 Å². The van der Waals surface area contributed by atoms with E-state index in [0.29, 0.717) is 0 Å². The van der Waals surface area contributed by atoms with Gasteiger partial charge in [-0.3, -0.25) is 4.21 Å². The molecule has 0 aromatic carbocycles. The highest BCUT2D eigenvalue weighted by molar-refractivity contribution is 7.77. The zero-order chi connectivity index (χ0) is 4.99. The summed E-state index contributed by atoms with van der Waals surface area (Å²) in [4.78, 5) is 0. The van der Waals surface area contributed by atoms with Crippen molar-refractivity contribution in [1.82, 2.24) is 4.72 Å². The Labute approximate surface area is 37.0 Å². The Morgan fingerprint density at radius 3 is 2.50 bits per heavy atom. The maximum Gasteiger partial charge on any atom is 0.150 e. The second-order valence-corrected chi connectivity index (χ2v) is 1.27. The molecule has 0 aliphatic heterocycles. The summed E-state index contributed by atoms with van der Waals surface area (Å²) in [5.74, 6) is 0. The van der Waals surface area contributed by atoms with Gasteiger partial charge in [-0.25, -0.2) is 9.11 Å². The van der Waals surface area contributed by atoms with Crippen LogP contribution in [0.2, 0.25) is 0 Å². The Balaban J connectivity index is 2.83. The Hall–Kier alpha value is -0.0000000000000000555. The zero-order valence-corrected chi connectivity index (χ0v) is 3.63. The summed E-state index contributed by atoms with van der Waals surface area (Å²) in [6.45, 7) is -1.03.